The van der Waals surface area contributed by atoms with Gasteiger partial charge in [-0.15, -0.1) is 0 Å². The van der Waals surface area contributed by atoms with Gasteiger partial charge in [-0.2, -0.15) is 0 Å². The fourth-order valence-corrected chi connectivity index (χ4v) is 7.48. The van der Waals surface area contributed by atoms with Crippen LogP contribution in [0.25, 0.3) is 10.9 Å². The molecule has 0 radical (unpaired) electrons. The van der Waals surface area contributed by atoms with E-state index in [1.54, 1.807) is 0 Å². The van der Waals surface area contributed by atoms with Gasteiger partial charge in [-0.3, -0.25) is 9.69 Å². The number of esters is 1. The molecule has 5 nitrogen and oxygen atoms in total. The highest BCUT2D eigenvalue weighted by Crippen LogP contribution is 2.64. The Balaban J connectivity index is 1.63. The van der Waals surface area contributed by atoms with Crippen LogP contribution in [-0.2, 0) is 26.2 Å². The molecule has 1 saturated heterocycles. The number of nitrogens with zero attached hydrogens (tertiary/aromatic N) is 1. The second-order valence-corrected chi connectivity index (χ2v) is 11.4. The summed E-state index contributed by atoms with van der Waals surface area (Å²) in [6.45, 7) is 13.3. The number of methoxy groups -OCH3 is 1. The Morgan fingerprint density at radius 2 is 1.97 bits per heavy atom. The summed E-state index contributed by atoms with van der Waals surface area (Å²) in [5.74, 6) is -0.379. The molecule has 0 bridgehead atoms. The van der Waals surface area contributed by atoms with E-state index in [4.69, 9.17) is 9.47 Å². The number of aromatic amines is 1. The largest absolute Gasteiger partial charge is 0.469 e. The molecule has 1 saturated carbocycles. The van der Waals surface area contributed by atoms with E-state index in [9.17, 15) is 4.79 Å². The number of para-hydroxylation sites is 1. The molecule has 2 aromatic rings. The van der Waals surface area contributed by atoms with Gasteiger partial charge in [-0.05, 0) is 68.9 Å². The van der Waals surface area contributed by atoms with Crippen LogP contribution in [0.15, 0.2) is 24.3 Å². The highest BCUT2D eigenvalue weighted by Gasteiger charge is 2.65. The van der Waals surface area contributed by atoms with E-state index in [2.05, 4.69) is 68.8 Å². The molecule has 3 aliphatic rings. The number of fused-ring (bicyclic) bond motifs is 6. The summed E-state index contributed by atoms with van der Waals surface area (Å²) in [5.41, 5.74) is 3.66. The van der Waals surface area contributed by atoms with Crippen molar-refractivity contribution < 1.29 is 14.3 Å². The number of piperidine rings is 1. The predicted molar refractivity (Wildman–Crippen MR) is 127 cm³/mol. The molecule has 1 N–H and O–H groups in total. The van der Waals surface area contributed by atoms with E-state index < -0.39 is 0 Å². The average molecular weight is 439 g/mol. The monoisotopic (exact) mass is 438 g/mol. The molecule has 0 unspecified atom stereocenters. The van der Waals surface area contributed by atoms with E-state index in [1.165, 1.54) is 29.3 Å². The molecule has 5 heteroatoms. The van der Waals surface area contributed by atoms with E-state index in [0.717, 1.165) is 38.8 Å². The molecule has 0 spiro atoms. The van der Waals surface area contributed by atoms with Crippen LogP contribution in [0.2, 0.25) is 0 Å². The average Bonchev–Trinajstić information content (AvgIpc) is 3.12. The van der Waals surface area contributed by atoms with E-state index in [-0.39, 0.29) is 40.5 Å². The van der Waals surface area contributed by atoms with Crippen molar-refractivity contribution in [1.82, 2.24) is 9.88 Å². The lowest BCUT2D eigenvalue weighted by atomic mass is 9.46. The molecule has 0 amide bonds. The maximum atomic E-state index is 13.3. The second-order valence-electron chi connectivity index (χ2n) is 11.4. The van der Waals surface area contributed by atoms with Crippen LogP contribution in [0.1, 0.15) is 65.1 Å². The van der Waals surface area contributed by atoms with Gasteiger partial charge >= 0.3 is 5.97 Å². The van der Waals surface area contributed by atoms with Crippen molar-refractivity contribution in [3.05, 3.63) is 35.5 Å². The van der Waals surface area contributed by atoms with Gasteiger partial charge in [0.2, 0.25) is 0 Å². The van der Waals surface area contributed by atoms with Crippen molar-refractivity contribution >= 4 is 16.9 Å². The first-order chi connectivity index (χ1) is 15.1. The molecule has 174 valence electrons. The Labute approximate surface area is 191 Å². The first-order valence-corrected chi connectivity index (χ1v) is 12.2. The zero-order chi connectivity index (χ0) is 22.9. The quantitative estimate of drug-likeness (QED) is 0.683. The lowest BCUT2D eigenvalue weighted by Crippen LogP contribution is -2.68. The molecule has 2 fully saturated rings. The second kappa shape index (κ2) is 7.33. The van der Waals surface area contributed by atoms with Crippen molar-refractivity contribution in [1.29, 1.82) is 0 Å². The molecule has 2 aliphatic heterocycles. The minimum absolute atomic E-state index is 0.0335. The van der Waals surface area contributed by atoms with Gasteiger partial charge < -0.3 is 14.5 Å². The summed E-state index contributed by atoms with van der Waals surface area (Å²) >= 11 is 0. The Hall–Kier alpha value is -1.85. The summed E-state index contributed by atoms with van der Waals surface area (Å²) in [5, 5.41) is 1.34. The number of benzene rings is 1. The van der Waals surface area contributed by atoms with Gasteiger partial charge in [-0.25, -0.2) is 0 Å². The number of hydrogen-bond donors (Lipinski definition) is 1. The highest BCUT2D eigenvalue weighted by molar-refractivity contribution is 5.85. The number of nitrogens with one attached hydrogen (secondary N) is 1. The highest BCUT2D eigenvalue weighted by atomic mass is 16.5. The molecule has 3 heterocycles. The molecule has 1 aromatic carbocycles. The van der Waals surface area contributed by atoms with Gasteiger partial charge in [0.1, 0.15) is 0 Å². The molecule has 5 rings (SSSR count). The number of ether oxygens (including phenoxy) is 2. The minimum atomic E-state index is -0.262. The summed E-state index contributed by atoms with van der Waals surface area (Å²) in [7, 11) is 1.53. The van der Waals surface area contributed by atoms with Gasteiger partial charge in [0.25, 0.3) is 0 Å². The molecular formula is C27H38N2O3. The van der Waals surface area contributed by atoms with E-state index in [1.807, 2.05) is 0 Å². The third-order valence-corrected chi connectivity index (χ3v) is 9.25. The topological polar surface area (TPSA) is 54.6 Å². The van der Waals surface area contributed by atoms with Crippen LogP contribution < -0.4 is 0 Å². The fourth-order valence-electron chi connectivity index (χ4n) is 7.48. The van der Waals surface area contributed by atoms with E-state index in [0.29, 0.717) is 0 Å². The van der Waals surface area contributed by atoms with Crippen LogP contribution in [-0.4, -0.2) is 48.3 Å². The van der Waals surface area contributed by atoms with Gasteiger partial charge in [0, 0.05) is 29.7 Å². The lowest BCUT2D eigenvalue weighted by molar-refractivity contribution is -0.214. The molecule has 1 aliphatic carbocycles. The van der Waals surface area contributed by atoms with Crippen molar-refractivity contribution in [3.63, 3.8) is 0 Å². The van der Waals surface area contributed by atoms with E-state index >= 15 is 0 Å². The number of carbonyl (C=O) groups is 1. The molecule has 1 aromatic heterocycles. The third-order valence-electron chi connectivity index (χ3n) is 9.25. The smallest absolute Gasteiger partial charge is 0.311 e. The Bertz CT molecular complexity index is 1040. The van der Waals surface area contributed by atoms with Crippen LogP contribution in [0, 0.1) is 16.7 Å². The van der Waals surface area contributed by atoms with Gasteiger partial charge in [0.05, 0.1) is 30.8 Å². The number of carbonyl (C=O) groups excluding carboxylic acids is 1. The maximum Gasteiger partial charge on any atom is 0.311 e. The standard InChI is InChI=1S/C27H38N2O3/c1-17(2)32-21-11-13-25(3)16-29-14-12-19-18-9-7-8-10-20(18)28-23(19)27(29,5)15-26(25,4)22(21)24(30)31-6/h7-10,17,21-22,28H,11-16H2,1-6H3/t21-,22+,25-,26+,27-/m0/s1. The molecule has 5 atom stereocenters. The van der Waals surface area contributed by atoms with Crippen LogP contribution in [0.3, 0.4) is 0 Å². The van der Waals surface area contributed by atoms with Crippen LogP contribution >= 0.6 is 0 Å². The number of aromatic nitrogens is 1. The number of rotatable bonds is 3. The number of H-pyrrole nitrogens is 1. The van der Waals surface area contributed by atoms with Crippen LogP contribution in [0.4, 0.5) is 0 Å². The van der Waals surface area contributed by atoms with Crippen molar-refractivity contribution in [2.24, 2.45) is 16.7 Å². The zero-order valence-electron chi connectivity index (χ0n) is 20.5. The zero-order valence-corrected chi connectivity index (χ0v) is 20.5. The van der Waals surface area contributed by atoms with Crippen molar-refractivity contribution in [3.8, 4) is 0 Å². The number of hydrogen-bond acceptors (Lipinski definition) is 4. The predicted octanol–water partition coefficient (Wildman–Crippen LogP) is 5.03. The molecular weight excluding hydrogens is 400 g/mol. The Kier molecular flexibility index (Phi) is 5.03. The molecule has 32 heavy (non-hydrogen) atoms. The third kappa shape index (κ3) is 2.93. The van der Waals surface area contributed by atoms with Crippen molar-refractivity contribution in [2.75, 3.05) is 20.2 Å². The van der Waals surface area contributed by atoms with Gasteiger partial charge in [-0.1, -0.05) is 32.0 Å². The Morgan fingerprint density at radius 3 is 2.69 bits per heavy atom. The summed E-state index contributed by atoms with van der Waals surface area (Å²) < 4.78 is 11.8. The first-order valence-electron chi connectivity index (χ1n) is 12.2. The summed E-state index contributed by atoms with van der Waals surface area (Å²) in [4.78, 5) is 19.8. The fraction of sp³-hybridized carbons (Fsp3) is 0.667. The SMILES string of the molecule is COC(=O)[C@H]1[C@@H](OC(C)C)CC[C@@]2(C)CN3CCc4c([nH]c5ccccc45)[C@]3(C)C[C@]12C. The van der Waals surface area contributed by atoms with Gasteiger partial charge in [0.15, 0.2) is 0 Å². The minimum Gasteiger partial charge on any atom is -0.469 e. The Morgan fingerprint density at radius 1 is 1.22 bits per heavy atom. The summed E-state index contributed by atoms with van der Waals surface area (Å²) in [6.07, 6.45) is 3.95. The summed E-state index contributed by atoms with van der Waals surface area (Å²) in [6, 6.07) is 8.65. The first kappa shape index (κ1) is 22.0. The van der Waals surface area contributed by atoms with Crippen molar-refractivity contribution in [2.45, 2.75) is 78.0 Å². The normalized spacial score (nSPS) is 37.1. The van der Waals surface area contributed by atoms with Crippen LogP contribution in [0.5, 0.6) is 0 Å². The lowest BCUT2D eigenvalue weighted by Gasteiger charge is -2.66. The maximum absolute atomic E-state index is 13.3.